The lowest BCUT2D eigenvalue weighted by Gasteiger charge is -2.42. The highest BCUT2D eigenvalue weighted by atomic mass is 16.5. The molecule has 1 spiro atoms. The number of nitrogens with one attached hydrogen (secondary N) is 1. The summed E-state index contributed by atoms with van der Waals surface area (Å²) in [5, 5.41) is 2.99. The molecule has 6 heteroatoms. The van der Waals surface area contributed by atoms with E-state index in [0.717, 1.165) is 24.2 Å². The minimum Gasteiger partial charge on any atom is -0.485 e. The Labute approximate surface area is 149 Å². The summed E-state index contributed by atoms with van der Waals surface area (Å²) in [6.07, 6.45) is 1.46. The highest BCUT2D eigenvalue weighted by Crippen LogP contribution is 2.35. The molecule has 0 atom stereocenters. The minimum atomic E-state index is -0.438. The van der Waals surface area contributed by atoms with E-state index >= 15 is 0 Å². The van der Waals surface area contributed by atoms with E-state index < -0.39 is 5.60 Å². The molecule has 1 aromatic carbocycles. The van der Waals surface area contributed by atoms with Gasteiger partial charge in [-0.05, 0) is 19.9 Å². The third kappa shape index (κ3) is 3.89. The van der Waals surface area contributed by atoms with Crippen molar-refractivity contribution in [1.82, 2.24) is 15.1 Å². The van der Waals surface area contributed by atoms with Crippen molar-refractivity contribution >= 4 is 11.9 Å². The van der Waals surface area contributed by atoms with Crippen molar-refractivity contribution in [1.29, 1.82) is 0 Å². The van der Waals surface area contributed by atoms with Gasteiger partial charge in [0.25, 0.3) is 0 Å². The summed E-state index contributed by atoms with van der Waals surface area (Å²) in [5.41, 5.74) is 0.583. The van der Waals surface area contributed by atoms with Crippen molar-refractivity contribution in [2.24, 2.45) is 0 Å². The molecule has 2 heterocycles. The number of para-hydroxylation sites is 1. The third-order valence-electron chi connectivity index (χ3n) is 4.96. The van der Waals surface area contributed by atoms with Gasteiger partial charge in [-0.3, -0.25) is 4.79 Å². The summed E-state index contributed by atoms with van der Waals surface area (Å²) >= 11 is 0. The predicted octanol–water partition coefficient (Wildman–Crippen LogP) is 2.38. The fourth-order valence-corrected chi connectivity index (χ4v) is 3.58. The van der Waals surface area contributed by atoms with Gasteiger partial charge in [-0.25, -0.2) is 4.79 Å². The maximum atomic E-state index is 12.7. The van der Waals surface area contributed by atoms with Crippen LogP contribution in [0, 0.1) is 0 Å². The summed E-state index contributed by atoms with van der Waals surface area (Å²) in [6, 6.07) is 7.93. The van der Waals surface area contributed by atoms with Gasteiger partial charge in [-0.15, -0.1) is 0 Å². The van der Waals surface area contributed by atoms with Crippen LogP contribution in [0.2, 0.25) is 0 Å². The molecule has 0 bridgehead atoms. The number of carbonyl (C=O) groups excluding carboxylic acids is 2. The molecule has 136 valence electrons. The normalized spacial score (nSPS) is 19.2. The van der Waals surface area contributed by atoms with Gasteiger partial charge in [0.2, 0.25) is 5.91 Å². The van der Waals surface area contributed by atoms with Crippen LogP contribution < -0.4 is 10.1 Å². The summed E-state index contributed by atoms with van der Waals surface area (Å²) in [6.45, 7) is 7.92. The Hall–Kier alpha value is -2.24. The first-order chi connectivity index (χ1) is 11.9. The Morgan fingerprint density at radius 2 is 1.84 bits per heavy atom. The molecular weight excluding hydrogens is 318 g/mol. The number of fused-ring (bicyclic) bond motifs is 1. The van der Waals surface area contributed by atoms with Crippen LogP contribution >= 0.6 is 0 Å². The SMILES string of the molecule is CC(=O)N1CCC2(CC1)CN(C(=O)NC(C)C)Cc1ccccc1O2. The number of carbonyl (C=O) groups is 2. The fourth-order valence-electron chi connectivity index (χ4n) is 3.58. The van der Waals surface area contributed by atoms with Gasteiger partial charge in [-0.1, -0.05) is 18.2 Å². The molecule has 0 aromatic heterocycles. The fraction of sp³-hybridized carbons (Fsp3) is 0.579. The second kappa shape index (κ2) is 6.94. The van der Waals surface area contributed by atoms with Crippen molar-refractivity contribution < 1.29 is 14.3 Å². The first kappa shape index (κ1) is 17.6. The second-order valence-corrected chi connectivity index (χ2v) is 7.36. The van der Waals surface area contributed by atoms with Gasteiger partial charge in [0.05, 0.1) is 13.1 Å². The average Bonchev–Trinajstić information content (AvgIpc) is 2.71. The molecule has 1 N–H and O–H groups in total. The Morgan fingerprint density at radius 1 is 1.16 bits per heavy atom. The number of hydrogen-bond donors (Lipinski definition) is 1. The molecule has 3 rings (SSSR count). The van der Waals surface area contributed by atoms with E-state index in [2.05, 4.69) is 5.32 Å². The topological polar surface area (TPSA) is 61.9 Å². The van der Waals surface area contributed by atoms with Gasteiger partial charge < -0.3 is 19.9 Å². The minimum absolute atomic E-state index is 0.0660. The lowest BCUT2D eigenvalue weighted by Crippen LogP contribution is -2.56. The lowest BCUT2D eigenvalue weighted by molar-refractivity contribution is -0.132. The van der Waals surface area contributed by atoms with E-state index in [1.807, 2.05) is 47.9 Å². The monoisotopic (exact) mass is 345 g/mol. The zero-order chi connectivity index (χ0) is 18.0. The molecule has 0 radical (unpaired) electrons. The van der Waals surface area contributed by atoms with Gasteiger partial charge >= 0.3 is 6.03 Å². The molecule has 25 heavy (non-hydrogen) atoms. The number of hydrogen-bond acceptors (Lipinski definition) is 3. The number of benzene rings is 1. The molecule has 0 aliphatic carbocycles. The quantitative estimate of drug-likeness (QED) is 0.850. The smallest absolute Gasteiger partial charge is 0.318 e. The van der Waals surface area contributed by atoms with Crippen LogP contribution in [0.25, 0.3) is 0 Å². The summed E-state index contributed by atoms with van der Waals surface area (Å²) in [7, 11) is 0. The zero-order valence-electron chi connectivity index (χ0n) is 15.2. The van der Waals surface area contributed by atoms with E-state index in [9.17, 15) is 9.59 Å². The molecular formula is C19H27N3O3. The second-order valence-electron chi connectivity index (χ2n) is 7.36. The van der Waals surface area contributed by atoms with E-state index in [-0.39, 0.29) is 18.0 Å². The van der Waals surface area contributed by atoms with Gasteiger partial charge in [0.15, 0.2) is 0 Å². The van der Waals surface area contributed by atoms with E-state index in [1.165, 1.54) is 0 Å². The highest BCUT2D eigenvalue weighted by molar-refractivity contribution is 5.75. The van der Waals surface area contributed by atoms with Crippen LogP contribution in [0.3, 0.4) is 0 Å². The Balaban J connectivity index is 1.86. The number of ether oxygens (including phenoxy) is 1. The Morgan fingerprint density at radius 3 is 2.48 bits per heavy atom. The molecule has 3 amide bonds. The van der Waals surface area contributed by atoms with Gasteiger partial charge in [-0.2, -0.15) is 0 Å². The largest absolute Gasteiger partial charge is 0.485 e. The van der Waals surface area contributed by atoms with Crippen molar-refractivity contribution in [3.05, 3.63) is 29.8 Å². The van der Waals surface area contributed by atoms with Crippen LogP contribution in [0.1, 0.15) is 39.2 Å². The number of piperidine rings is 1. The number of urea groups is 1. The first-order valence-corrected chi connectivity index (χ1v) is 8.96. The average molecular weight is 345 g/mol. The van der Waals surface area contributed by atoms with Crippen LogP contribution in [-0.4, -0.2) is 53.0 Å². The molecule has 1 fully saturated rings. The van der Waals surface area contributed by atoms with Crippen LogP contribution in [-0.2, 0) is 11.3 Å². The van der Waals surface area contributed by atoms with Gasteiger partial charge in [0, 0.05) is 44.5 Å². The van der Waals surface area contributed by atoms with Crippen LogP contribution in [0.4, 0.5) is 4.79 Å². The molecule has 1 aromatic rings. The van der Waals surface area contributed by atoms with Gasteiger partial charge in [0.1, 0.15) is 11.4 Å². The molecule has 2 aliphatic heterocycles. The summed E-state index contributed by atoms with van der Waals surface area (Å²) in [4.78, 5) is 28.0. The van der Waals surface area contributed by atoms with E-state index in [1.54, 1.807) is 6.92 Å². The number of likely N-dealkylation sites (tertiary alicyclic amines) is 1. The predicted molar refractivity (Wildman–Crippen MR) is 95.4 cm³/mol. The summed E-state index contributed by atoms with van der Waals surface area (Å²) in [5.74, 6) is 0.942. The molecule has 1 saturated heterocycles. The van der Waals surface area contributed by atoms with E-state index in [0.29, 0.717) is 26.2 Å². The molecule has 0 unspecified atom stereocenters. The lowest BCUT2D eigenvalue weighted by atomic mass is 9.90. The maximum Gasteiger partial charge on any atom is 0.318 e. The maximum absolute atomic E-state index is 12.7. The molecule has 2 aliphatic rings. The van der Waals surface area contributed by atoms with Crippen molar-refractivity contribution in [3.8, 4) is 5.75 Å². The standard InChI is InChI=1S/C19H27N3O3/c1-14(2)20-18(24)22-12-16-6-4-5-7-17(16)25-19(13-22)8-10-21(11-9-19)15(3)23/h4-7,14H,8-13H2,1-3H3,(H,20,24). The molecule has 6 nitrogen and oxygen atoms in total. The summed E-state index contributed by atoms with van der Waals surface area (Å²) < 4.78 is 6.44. The first-order valence-electron chi connectivity index (χ1n) is 8.96. The zero-order valence-corrected chi connectivity index (χ0v) is 15.2. The number of nitrogens with zero attached hydrogens (tertiary/aromatic N) is 2. The number of rotatable bonds is 1. The van der Waals surface area contributed by atoms with Crippen molar-refractivity contribution in [3.63, 3.8) is 0 Å². The third-order valence-corrected chi connectivity index (χ3v) is 4.96. The van der Waals surface area contributed by atoms with Crippen molar-refractivity contribution in [2.45, 2.75) is 51.8 Å². The van der Waals surface area contributed by atoms with Crippen LogP contribution in [0.5, 0.6) is 5.75 Å². The van der Waals surface area contributed by atoms with Crippen molar-refractivity contribution in [2.75, 3.05) is 19.6 Å². The van der Waals surface area contributed by atoms with Crippen LogP contribution in [0.15, 0.2) is 24.3 Å². The molecule has 0 saturated carbocycles. The Bertz CT molecular complexity index is 651. The number of amides is 3. The van der Waals surface area contributed by atoms with E-state index in [4.69, 9.17) is 4.74 Å². The highest BCUT2D eigenvalue weighted by Gasteiger charge is 2.42. The Kier molecular flexibility index (Phi) is 4.88.